The van der Waals surface area contributed by atoms with Crippen LogP contribution in [0.3, 0.4) is 0 Å². The molecule has 312 valence electrons. The molecule has 3 aliphatic carbocycles. The van der Waals surface area contributed by atoms with Gasteiger partial charge in [-0.05, 0) is 118 Å². The first-order chi connectivity index (χ1) is 31.1. The number of ketones is 1. The van der Waals surface area contributed by atoms with Crippen molar-refractivity contribution in [2.75, 3.05) is 9.80 Å². The van der Waals surface area contributed by atoms with E-state index in [0.29, 0.717) is 28.9 Å². The molecule has 0 saturated carbocycles. The normalized spacial score (nSPS) is 16.7. The lowest BCUT2D eigenvalue weighted by molar-refractivity contribution is -0.111. The van der Waals surface area contributed by atoms with Crippen molar-refractivity contribution in [3.8, 4) is 10.6 Å². The number of nitrogens with one attached hydrogen (secondary N) is 1. The summed E-state index contributed by atoms with van der Waals surface area (Å²) in [6, 6.07) is 44.9. The topological polar surface area (TPSA) is 85.3 Å². The van der Waals surface area contributed by atoms with Gasteiger partial charge in [-0.15, -0.1) is 22.7 Å². The van der Waals surface area contributed by atoms with Crippen LogP contribution >= 0.6 is 22.7 Å². The second-order valence-electron chi connectivity index (χ2n) is 16.8. The number of rotatable bonds is 8. The number of hydrogen-bond donors (Lipinski definition) is 2. The average molecular weight is 870 g/mol. The number of carbonyl (C=O) groups excluding carboxylic acids is 1. The number of aryl methyl sites for hydroxylation is 4. The van der Waals surface area contributed by atoms with Crippen molar-refractivity contribution in [3.05, 3.63) is 211 Å². The number of aliphatic hydroxyl groups excluding tert-OH is 1. The zero-order valence-electron chi connectivity index (χ0n) is 35.8. The molecule has 0 saturated heterocycles. The van der Waals surface area contributed by atoms with Crippen molar-refractivity contribution in [3.63, 3.8) is 0 Å². The number of benzene rings is 5. The van der Waals surface area contributed by atoms with Crippen LogP contribution in [0.4, 0.5) is 28.4 Å². The molecule has 0 amide bonds. The third kappa shape index (κ3) is 7.12. The van der Waals surface area contributed by atoms with E-state index in [1.165, 1.54) is 22.3 Å². The van der Waals surface area contributed by atoms with E-state index in [0.717, 1.165) is 69.7 Å². The lowest BCUT2D eigenvalue weighted by atomic mass is 9.82. The Bertz CT molecular complexity index is 3260. The minimum Gasteiger partial charge on any atom is -0.506 e. The van der Waals surface area contributed by atoms with Crippen LogP contribution in [0.2, 0.25) is 0 Å². The summed E-state index contributed by atoms with van der Waals surface area (Å²) in [6.45, 7) is 8.41. The number of aromatic nitrogens is 3. The number of hydrogen-bond acceptors (Lipinski definition) is 8. The maximum Gasteiger partial charge on any atom is 0.202 e. The van der Waals surface area contributed by atoms with Crippen LogP contribution < -0.4 is 19.0 Å². The number of Topliss-reactive ketones (excluding diaryl/α,β-unsaturated/α-hetero) is 1. The minimum absolute atomic E-state index is 0.0216. The molecule has 3 aliphatic rings. The Balaban J connectivity index is 0.819. The maximum absolute atomic E-state index is 13.7. The van der Waals surface area contributed by atoms with E-state index in [1.54, 1.807) is 22.7 Å². The quantitative estimate of drug-likeness (QED) is 0.148. The van der Waals surface area contributed by atoms with Crippen LogP contribution in [0.25, 0.3) is 38.1 Å². The Hall–Kier alpha value is -7.33. The summed E-state index contributed by atoms with van der Waals surface area (Å²) in [5.41, 5.74) is 16.1. The summed E-state index contributed by atoms with van der Waals surface area (Å²) < 4.78 is 2.88. The van der Waals surface area contributed by atoms with Crippen molar-refractivity contribution < 1.29 is 9.90 Å². The largest absolute Gasteiger partial charge is 0.506 e. The lowest BCUT2D eigenvalue weighted by Gasteiger charge is -2.31. The Morgan fingerprint density at radius 2 is 1.16 bits per heavy atom. The highest BCUT2D eigenvalue weighted by molar-refractivity contribution is 7.21. The maximum atomic E-state index is 13.7. The number of H-pyrrole nitrogens is 1. The lowest BCUT2D eigenvalue weighted by Crippen LogP contribution is -2.29. The van der Waals surface area contributed by atoms with Crippen LogP contribution in [0.15, 0.2) is 169 Å². The van der Waals surface area contributed by atoms with E-state index >= 15 is 0 Å². The molecule has 0 aliphatic heterocycles. The summed E-state index contributed by atoms with van der Waals surface area (Å²) in [7, 11) is 0. The number of allylic oxidation sites excluding steroid dienone is 5. The van der Waals surface area contributed by atoms with Gasteiger partial charge in [0.1, 0.15) is 21.1 Å². The number of carbonyl (C=O) groups is 1. The highest BCUT2D eigenvalue weighted by atomic mass is 32.1. The van der Waals surface area contributed by atoms with Crippen molar-refractivity contribution >= 4 is 84.5 Å². The molecular formula is C55H43N5O2S2. The fourth-order valence-corrected chi connectivity index (χ4v) is 10.7. The SMILES string of the molecule is Cc1ccc(N(c2ccc(C)cc2)c2ccc(-c3nc4[nH]c(C5=C(O)C(=C6C=c7sc(=C8C=CC(N(c9ccc(C)cc9)c9ccc(C)cc9)C=C8)nc7C6)C5=O)cc4s3)cc2)cc1. The average Bonchev–Trinajstić information content (AvgIpc) is 4.08. The summed E-state index contributed by atoms with van der Waals surface area (Å²) in [4.78, 5) is 31.5. The van der Waals surface area contributed by atoms with Crippen LogP contribution in [0.5, 0.6) is 0 Å². The molecule has 5 aromatic carbocycles. The minimum atomic E-state index is -0.166. The van der Waals surface area contributed by atoms with Gasteiger partial charge >= 0.3 is 0 Å². The van der Waals surface area contributed by atoms with Crippen molar-refractivity contribution in [1.82, 2.24) is 15.0 Å². The van der Waals surface area contributed by atoms with E-state index in [9.17, 15) is 9.90 Å². The van der Waals surface area contributed by atoms with E-state index in [4.69, 9.17) is 9.97 Å². The molecule has 3 heterocycles. The number of anilines is 5. The first kappa shape index (κ1) is 39.5. The number of thiazole rings is 2. The van der Waals surface area contributed by atoms with Gasteiger partial charge < -0.3 is 19.9 Å². The summed E-state index contributed by atoms with van der Waals surface area (Å²) in [5.74, 6) is -0.144. The van der Waals surface area contributed by atoms with Gasteiger partial charge in [-0.3, -0.25) is 4.79 Å². The van der Waals surface area contributed by atoms with Crippen LogP contribution in [0, 0.1) is 27.7 Å². The van der Waals surface area contributed by atoms with Crippen molar-refractivity contribution in [1.29, 1.82) is 0 Å². The number of aliphatic hydroxyl groups is 1. The fourth-order valence-electron chi connectivity index (χ4n) is 8.63. The van der Waals surface area contributed by atoms with Gasteiger partial charge in [0.05, 0.1) is 37.8 Å². The molecule has 0 radical (unpaired) electrons. The summed E-state index contributed by atoms with van der Waals surface area (Å²) in [5, 5.41) is 12.2. The Morgan fingerprint density at radius 3 is 1.66 bits per heavy atom. The van der Waals surface area contributed by atoms with Gasteiger partial charge in [-0.2, -0.15) is 0 Å². The molecule has 0 fully saturated rings. The molecule has 7 nitrogen and oxygen atoms in total. The van der Waals surface area contributed by atoms with Gasteiger partial charge in [-0.25, -0.2) is 9.97 Å². The summed E-state index contributed by atoms with van der Waals surface area (Å²) in [6.07, 6.45) is 11.3. The van der Waals surface area contributed by atoms with Crippen LogP contribution in [-0.2, 0) is 11.2 Å². The first-order valence-electron chi connectivity index (χ1n) is 21.4. The highest BCUT2D eigenvalue weighted by Crippen LogP contribution is 2.42. The van der Waals surface area contributed by atoms with E-state index in [1.807, 2.05) is 12.1 Å². The molecule has 0 atom stereocenters. The first-order valence-corrected chi connectivity index (χ1v) is 23.0. The Morgan fingerprint density at radius 1 is 0.641 bits per heavy atom. The second-order valence-corrected chi connectivity index (χ2v) is 18.8. The van der Waals surface area contributed by atoms with E-state index < -0.39 is 0 Å². The zero-order valence-corrected chi connectivity index (χ0v) is 37.4. The fraction of sp³-hybridized carbons (Fsp3) is 0.109. The van der Waals surface area contributed by atoms with Crippen LogP contribution in [-0.4, -0.2) is 31.9 Å². The number of fused-ring (bicyclic) bond motifs is 2. The molecule has 8 aromatic rings. The van der Waals surface area contributed by atoms with Gasteiger partial charge in [0, 0.05) is 46.0 Å². The van der Waals surface area contributed by atoms with Crippen LogP contribution in [0.1, 0.15) is 33.6 Å². The van der Waals surface area contributed by atoms with E-state index in [-0.39, 0.29) is 17.6 Å². The third-order valence-corrected chi connectivity index (χ3v) is 14.3. The molecule has 11 rings (SSSR count). The van der Waals surface area contributed by atoms with Crippen molar-refractivity contribution in [2.45, 2.75) is 40.2 Å². The molecule has 2 N–H and O–H groups in total. The molecule has 3 aromatic heterocycles. The van der Waals surface area contributed by atoms with Crippen molar-refractivity contribution in [2.24, 2.45) is 0 Å². The summed E-state index contributed by atoms with van der Waals surface area (Å²) >= 11 is 3.17. The van der Waals surface area contributed by atoms with Gasteiger partial charge in [0.25, 0.3) is 0 Å². The molecule has 0 unspecified atom stereocenters. The number of aromatic amines is 1. The predicted octanol–water partition coefficient (Wildman–Crippen LogP) is 12.1. The highest BCUT2D eigenvalue weighted by Gasteiger charge is 2.39. The number of nitrogens with zero attached hydrogens (tertiary/aromatic N) is 4. The van der Waals surface area contributed by atoms with Gasteiger partial charge in [0.15, 0.2) is 0 Å². The molecule has 9 heteroatoms. The smallest absolute Gasteiger partial charge is 0.202 e. The molecule has 0 spiro atoms. The monoisotopic (exact) mass is 869 g/mol. The second kappa shape index (κ2) is 15.8. The predicted molar refractivity (Wildman–Crippen MR) is 265 cm³/mol. The Kier molecular flexibility index (Phi) is 9.75. The molecule has 0 bridgehead atoms. The zero-order chi connectivity index (χ0) is 43.6. The molecule has 64 heavy (non-hydrogen) atoms. The van der Waals surface area contributed by atoms with E-state index in [2.05, 4.69) is 188 Å². The third-order valence-electron chi connectivity index (χ3n) is 12.2. The standard InChI is InChI=1S/C55H43N5O2S2/c1-32-5-17-39(18-6-32)59(40-19-7-33(2)8-20-40)43-25-13-36(14-26-43)54-57-45-29-38(30-47(45)63-54)49-51(61)50(52(49)62)46-31-48-53(56-46)58-55(64-48)37-15-27-44(28-16-37)60(41-21-9-34(3)10-22-41)42-23-11-35(4)12-24-42/h5-28,30-31,43,56,61H,29H2,1-4H3. The van der Waals surface area contributed by atoms with Gasteiger partial charge in [0.2, 0.25) is 5.78 Å². The van der Waals surface area contributed by atoms with Gasteiger partial charge in [-0.1, -0.05) is 95.1 Å². The Labute approximate surface area is 379 Å². The molecular weight excluding hydrogens is 827 g/mol.